The Morgan fingerprint density at radius 1 is 1.25 bits per heavy atom. The van der Waals surface area contributed by atoms with Crippen LogP contribution in [-0.4, -0.2) is 19.2 Å². The van der Waals surface area contributed by atoms with Crippen LogP contribution in [0.3, 0.4) is 0 Å². The third kappa shape index (κ3) is 2.66. The second-order valence-electron chi connectivity index (χ2n) is 8.37. The second-order valence-corrected chi connectivity index (χ2v) is 8.37. The lowest BCUT2D eigenvalue weighted by molar-refractivity contribution is -0.118. The van der Waals surface area contributed by atoms with Crippen LogP contribution in [0.4, 0.5) is 10.1 Å². The molecule has 3 aliphatic rings. The first kappa shape index (κ1) is 17.5. The molecule has 5 nitrogen and oxygen atoms in total. The second kappa shape index (κ2) is 6.21. The minimum absolute atomic E-state index is 0.158. The van der Waals surface area contributed by atoms with Gasteiger partial charge in [-0.2, -0.15) is 0 Å². The molecule has 2 aliphatic heterocycles. The molecule has 1 amide bonds. The summed E-state index contributed by atoms with van der Waals surface area (Å²) in [5.74, 6) is 1.03. The fraction of sp³-hybridized carbons (Fsp3) is 0.409. The topological polar surface area (TPSA) is 59.6 Å². The average Bonchev–Trinajstić information content (AvgIpc) is 3.25. The van der Waals surface area contributed by atoms with Gasteiger partial charge in [-0.3, -0.25) is 4.79 Å². The zero-order valence-corrected chi connectivity index (χ0v) is 16.0. The van der Waals surface area contributed by atoms with E-state index in [4.69, 9.17) is 9.47 Å². The van der Waals surface area contributed by atoms with Gasteiger partial charge in [0.25, 0.3) is 0 Å². The number of carbonyl (C=O) groups excluding carboxylic acids is 1. The number of nitrogens with one attached hydrogen (secondary N) is 2. The zero-order valence-electron chi connectivity index (χ0n) is 16.0. The quantitative estimate of drug-likeness (QED) is 0.833. The molecule has 0 spiro atoms. The van der Waals surface area contributed by atoms with Crippen LogP contribution >= 0.6 is 0 Å². The molecule has 6 heteroatoms. The molecule has 2 aromatic carbocycles. The van der Waals surface area contributed by atoms with Crippen molar-refractivity contribution in [1.29, 1.82) is 0 Å². The van der Waals surface area contributed by atoms with Crippen LogP contribution in [0.1, 0.15) is 48.6 Å². The highest BCUT2D eigenvalue weighted by molar-refractivity contribution is 5.96. The van der Waals surface area contributed by atoms with E-state index < -0.39 is 6.04 Å². The van der Waals surface area contributed by atoms with Crippen molar-refractivity contribution in [3.05, 3.63) is 52.3 Å². The van der Waals surface area contributed by atoms with Crippen LogP contribution in [0.5, 0.6) is 11.5 Å². The largest absolute Gasteiger partial charge is 0.454 e. The number of fused-ring (bicyclic) bond motifs is 4. The lowest BCUT2D eigenvalue weighted by atomic mass is 9.86. The number of rotatable bonds is 2. The van der Waals surface area contributed by atoms with E-state index in [0.717, 1.165) is 53.0 Å². The standard InChI is InChI=1S/C22H23FN2O3/c1-22(2)7-5-12-9-13(10-16(23)18(12)22)25-21(26)19-14-3-4-17-20(28-11-27-17)15(14)6-8-24-19/h3-4,9-10,19,24H,5-8,11H2,1-2H3,(H,25,26)/t19-/m1/s1. The minimum Gasteiger partial charge on any atom is -0.454 e. The first-order chi connectivity index (χ1) is 13.4. The van der Waals surface area contributed by atoms with E-state index in [0.29, 0.717) is 12.2 Å². The maximum Gasteiger partial charge on any atom is 0.246 e. The molecular weight excluding hydrogens is 359 g/mol. The van der Waals surface area contributed by atoms with Crippen molar-refractivity contribution in [1.82, 2.24) is 5.32 Å². The lowest BCUT2D eigenvalue weighted by Crippen LogP contribution is -2.38. The Bertz CT molecular complexity index is 986. The molecule has 0 saturated carbocycles. The van der Waals surface area contributed by atoms with Crippen LogP contribution in [0.2, 0.25) is 0 Å². The van der Waals surface area contributed by atoms with Crippen molar-refractivity contribution in [2.45, 2.75) is 44.6 Å². The normalized spacial score (nSPS) is 21.2. The molecule has 5 rings (SSSR count). The third-order valence-corrected chi connectivity index (χ3v) is 6.11. The summed E-state index contributed by atoms with van der Waals surface area (Å²) in [6.07, 6.45) is 2.52. The number of hydrogen-bond acceptors (Lipinski definition) is 4. The monoisotopic (exact) mass is 382 g/mol. The number of hydrogen-bond donors (Lipinski definition) is 2. The summed E-state index contributed by atoms with van der Waals surface area (Å²) in [6, 6.07) is 6.59. The van der Waals surface area contributed by atoms with E-state index in [1.54, 1.807) is 0 Å². The van der Waals surface area contributed by atoms with Gasteiger partial charge in [0.1, 0.15) is 11.9 Å². The Morgan fingerprint density at radius 2 is 2.11 bits per heavy atom. The van der Waals surface area contributed by atoms with Gasteiger partial charge in [0.05, 0.1) is 0 Å². The van der Waals surface area contributed by atoms with Gasteiger partial charge >= 0.3 is 0 Å². The number of amides is 1. The Kier molecular flexibility index (Phi) is 3.88. The van der Waals surface area contributed by atoms with Gasteiger partial charge < -0.3 is 20.1 Å². The predicted octanol–water partition coefficient (Wildman–Crippen LogP) is 3.60. The van der Waals surface area contributed by atoms with E-state index in [1.807, 2.05) is 18.2 Å². The summed E-state index contributed by atoms with van der Waals surface area (Å²) >= 11 is 0. The van der Waals surface area contributed by atoms with Crippen molar-refractivity contribution < 1.29 is 18.7 Å². The summed E-state index contributed by atoms with van der Waals surface area (Å²) in [5, 5.41) is 6.17. The molecule has 1 atom stereocenters. The van der Waals surface area contributed by atoms with Gasteiger partial charge in [-0.25, -0.2) is 4.39 Å². The van der Waals surface area contributed by atoms with Gasteiger partial charge in [0, 0.05) is 17.8 Å². The van der Waals surface area contributed by atoms with E-state index in [1.165, 1.54) is 6.07 Å². The Balaban J connectivity index is 1.43. The summed E-state index contributed by atoms with van der Waals surface area (Å²) in [7, 11) is 0. The third-order valence-electron chi connectivity index (χ3n) is 6.11. The number of ether oxygens (including phenoxy) is 2. The van der Waals surface area contributed by atoms with Crippen LogP contribution in [0.25, 0.3) is 0 Å². The first-order valence-corrected chi connectivity index (χ1v) is 9.72. The maximum atomic E-state index is 14.7. The molecular formula is C22H23FN2O3. The summed E-state index contributed by atoms with van der Waals surface area (Å²) in [5.41, 5.74) is 4.01. The molecule has 0 aromatic heterocycles. The highest BCUT2D eigenvalue weighted by atomic mass is 19.1. The van der Waals surface area contributed by atoms with Gasteiger partial charge in [-0.1, -0.05) is 19.9 Å². The molecule has 0 radical (unpaired) electrons. The molecule has 2 N–H and O–H groups in total. The molecule has 1 aliphatic carbocycles. The molecule has 0 fully saturated rings. The number of carbonyl (C=O) groups is 1. The van der Waals surface area contributed by atoms with Crippen molar-refractivity contribution in [2.75, 3.05) is 18.7 Å². The van der Waals surface area contributed by atoms with Crippen molar-refractivity contribution in [3.63, 3.8) is 0 Å². The Hall–Kier alpha value is -2.60. The molecule has 28 heavy (non-hydrogen) atoms. The summed E-state index contributed by atoms with van der Waals surface area (Å²) in [4.78, 5) is 13.0. The predicted molar refractivity (Wildman–Crippen MR) is 103 cm³/mol. The molecule has 2 aromatic rings. The van der Waals surface area contributed by atoms with E-state index in [-0.39, 0.29) is 23.9 Å². The lowest BCUT2D eigenvalue weighted by Gasteiger charge is -2.27. The van der Waals surface area contributed by atoms with Crippen LogP contribution in [-0.2, 0) is 23.1 Å². The molecule has 0 saturated heterocycles. The highest BCUT2D eigenvalue weighted by Gasteiger charge is 2.34. The van der Waals surface area contributed by atoms with Crippen LogP contribution in [0, 0.1) is 5.82 Å². The highest BCUT2D eigenvalue weighted by Crippen LogP contribution is 2.42. The SMILES string of the molecule is CC1(C)CCc2cc(NC(=O)[C@@H]3NCCc4c3ccc3c4OCO3)cc(F)c21. The molecule has 0 bridgehead atoms. The zero-order chi connectivity index (χ0) is 19.5. The fourth-order valence-electron chi connectivity index (χ4n) is 4.74. The smallest absolute Gasteiger partial charge is 0.246 e. The fourth-order valence-corrected chi connectivity index (χ4v) is 4.74. The van der Waals surface area contributed by atoms with Crippen molar-refractivity contribution in [3.8, 4) is 11.5 Å². The maximum absolute atomic E-state index is 14.7. The number of benzene rings is 2. The van der Waals surface area contributed by atoms with Crippen LogP contribution < -0.4 is 20.1 Å². The number of anilines is 1. The van der Waals surface area contributed by atoms with Gasteiger partial charge in [0.2, 0.25) is 12.7 Å². The first-order valence-electron chi connectivity index (χ1n) is 9.72. The average molecular weight is 382 g/mol. The van der Waals surface area contributed by atoms with Gasteiger partial charge in [0.15, 0.2) is 11.5 Å². The van der Waals surface area contributed by atoms with E-state index >= 15 is 0 Å². The number of aryl methyl sites for hydroxylation is 1. The van der Waals surface area contributed by atoms with Crippen LogP contribution in [0.15, 0.2) is 24.3 Å². The summed E-state index contributed by atoms with van der Waals surface area (Å²) in [6.45, 7) is 5.00. The van der Waals surface area contributed by atoms with Gasteiger partial charge in [-0.05, 0) is 59.6 Å². The Labute approximate surface area is 163 Å². The molecule has 2 heterocycles. The van der Waals surface area contributed by atoms with Crippen molar-refractivity contribution in [2.24, 2.45) is 0 Å². The summed E-state index contributed by atoms with van der Waals surface area (Å²) < 4.78 is 25.8. The van der Waals surface area contributed by atoms with Crippen molar-refractivity contribution >= 4 is 11.6 Å². The van der Waals surface area contributed by atoms with Gasteiger partial charge in [-0.15, -0.1) is 0 Å². The van der Waals surface area contributed by atoms with E-state index in [2.05, 4.69) is 24.5 Å². The molecule has 0 unspecified atom stereocenters. The Morgan fingerprint density at radius 3 is 2.96 bits per heavy atom. The molecule has 146 valence electrons. The number of halogens is 1. The van der Waals surface area contributed by atoms with E-state index in [9.17, 15) is 9.18 Å². The minimum atomic E-state index is -0.508.